The number of ether oxygens (including phenoxy) is 2. The minimum Gasteiger partial charge on any atom is -0.494 e. The van der Waals surface area contributed by atoms with E-state index in [9.17, 15) is 0 Å². The first-order chi connectivity index (χ1) is 18.6. The molecule has 0 saturated heterocycles. The second-order valence-electron chi connectivity index (χ2n) is 8.65. The van der Waals surface area contributed by atoms with Crippen LogP contribution in [0.15, 0.2) is 78.2 Å². The van der Waals surface area contributed by atoms with Crippen molar-refractivity contribution in [1.82, 2.24) is 9.97 Å². The standard InChI is InChI=1S/C29H33N5O3S/c1-3-34(24-8-7-17-31-20-24)29-32-27(21(2)38-29)22-9-13-25(14-10-22)36-18-5-4-6-19-37-26-15-11-23(12-16-26)28(30)33-35/h7-17,20,35H,3-6,18-19H2,1-2H3,(H2,30,33). The quantitative estimate of drug-likeness (QED) is 0.0676. The fraction of sp³-hybridized carbons (Fsp3) is 0.276. The number of pyridine rings is 1. The summed E-state index contributed by atoms with van der Waals surface area (Å²) in [5.74, 6) is 1.70. The predicted molar refractivity (Wildman–Crippen MR) is 153 cm³/mol. The first kappa shape index (κ1) is 26.9. The summed E-state index contributed by atoms with van der Waals surface area (Å²) in [4.78, 5) is 12.5. The van der Waals surface area contributed by atoms with Crippen LogP contribution in [0.4, 0.5) is 10.8 Å². The molecule has 0 aliphatic heterocycles. The molecule has 198 valence electrons. The second kappa shape index (κ2) is 13.4. The lowest BCUT2D eigenvalue weighted by Gasteiger charge is -2.19. The van der Waals surface area contributed by atoms with Crippen molar-refractivity contribution >= 4 is 28.0 Å². The summed E-state index contributed by atoms with van der Waals surface area (Å²) < 4.78 is 11.7. The molecule has 0 aliphatic carbocycles. The lowest BCUT2D eigenvalue weighted by Crippen LogP contribution is -2.15. The molecule has 9 heteroatoms. The summed E-state index contributed by atoms with van der Waals surface area (Å²) in [5.41, 5.74) is 9.34. The summed E-state index contributed by atoms with van der Waals surface area (Å²) >= 11 is 1.69. The first-order valence-electron chi connectivity index (χ1n) is 12.7. The van der Waals surface area contributed by atoms with Gasteiger partial charge in [0.15, 0.2) is 11.0 Å². The maximum Gasteiger partial charge on any atom is 0.190 e. The number of nitrogens with zero attached hydrogens (tertiary/aromatic N) is 4. The van der Waals surface area contributed by atoms with Crippen LogP contribution >= 0.6 is 11.3 Å². The topological polar surface area (TPSA) is 106 Å². The molecule has 0 unspecified atom stereocenters. The van der Waals surface area contributed by atoms with Gasteiger partial charge in [-0.1, -0.05) is 5.16 Å². The number of nitrogens with two attached hydrogens (primary N) is 1. The smallest absolute Gasteiger partial charge is 0.190 e. The summed E-state index contributed by atoms with van der Waals surface area (Å²) in [6.45, 7) is 6.33. The molecular weight excluding hydrogens is 498 g/mol. The summed E-state index contributed by atoms with van der Waals surface area (Å²) in [6, 6.07) is 19.3. The molecule has 4 rings (SSSR count). The van der Waals surface area contributed by atoms with E-state index in [0.717, 1.165) is 59.4 Å². The van der Waals surface area contributed by atoms with E-state index in [1.807, 2.05) is 36.5 Å². The van der Waals surface area contributed by atoms with Gasteiger partial charge in [-0.3, -0.25) is 4.98 Å². The average molecular weight is 532 g/mol. The van der Waals surface area contributed by atoms with Gasteiger partial charge in [-0.2, -0.15) is 0 Å². The molecule has 0 amide bonds. The molecule has 38 heavy (non-hydrogen) atoms. The van der Waals surface area contributed by atoms with E-state index in [2.05, 4.69) is 47.1 Å². The van der Waals surface area contributed by atoms with E-state index in [1.165, 1.54) is 4.88 Å². The number of thiazole rings is 1. The van der Waals surface area contributed by atoms with E-state index in [1.54, 1.807) is 29.7 Å². The highest BCUT2D eigenvalue weighted by Crippen LogP contribution is 2.35. The Bertz CT molecular complexity index is 1310. The van der Waals surface area contributed by atoms with Crippen molar-refractivity contribution in [2.45, 2.75) is 33.1 Å². The van der Waals surface area contributed by atoms with Gasteiger partial charge in [-0.25, -0.2) is 4.98 Å². The van der Waals surface area contributed by atoms with Gasteiger partial charge < -0.3 is 25.3 Å². The van der Waals surface area contributed by atoms with Gasteiger partial charge in [-0.15, -0.1) is 11.3 Å². The van der Waals surface area contributed by atoms with Gasteiger partial charge in [0.25, 0.3) is 0 Å². The summed E-state index contributed by atoms with van der Waals surface area (Å²) in [5, 5.41) is 12.7. The lowest BCUT2D eigenvalue weighted by molar-refractivity contribution is 0.279. The third kappa shape index (κ3) is 7.01. The molecule has 0 aliphatic rings. The largest absolute Gasteiger partial charge is 0.494 e. The van der Waals surface area contributed by atoms with Crippen molar-refractivity contribution in [3.8, 4) is 22.8 Å². The number of rotatable bonds is 13. The first-order valence-corrected chi connectivity index (χ1v) is 13.5. The monoisotopic (exact) mass is 531 g/mol. The van der Waals surface area contributed by atoms with Crippen LogP contribution in [0.5, 0.6) is 11.5 Å². The van der Waals surface area contributed by atoms with Gasteiger partial charge >= 0.3 is 0 Å². The minimum absolute atomic E-state index is 0.0821. The zero-order chi connectivity index (χ0) is 26.7. The van der Waals surface area contributed by atoms with Crippen LogP contribution in [0.2, 0.25) is 0 Å². The molecule has 0 saturated carbocycles. The third-order valence-electron chi connectivity index (χ3n) is 6.00. The molecule has 2 aromatic heterocycles. The Kier molecular flexibility index (Phi) is 9.53. The van der Waals surface area contributed by atoms with Crippen LogP contribution in [-0.4, -0.2) is 40.8 Å². The molecule has 2 aromatic carbocycles. The second-order valence-corrected chi connectivity index (χ2v) is 9.83. The van der Waals surface area contributed by atoms with Gasteiger partial charge in [0.05, 0.1) is 30.8 Å². The van der Waals surface area contributed by atoms with Gasteiger partial charge in [0.2, 0.25) is 0 Å². The fourth-order valence-electron chi connectivity index (χ4n) is 3.96. The van der Waals surface area contributed by atoms with Crippen molar-refractivity contribution in [1.29, 1.82) is 0 Å². The van der Waals surface area contributed by atoms with Gasteiger partial charge in [-0.05, 0) is 93.8 Å². The molecule has 2 heterocycles. The molecule has 0 fully saturated rings. The normalized spacial score (nSPS) is 11.4. The highest BCUT2D eigenvalue weighted by atomic mass is 32.1. The number of anilines is 2. The minimum atomic E-state index is 0.0821. The molecule has 0 radical (unpaired) electrons. The van der Waals surface area contributed by atoms with E-state index in [4.69, 9.17) is 25.4 Å². The number of hydrogen-bond donors (Lipinski definition) is 2. The van der Waals surface area contributed by atoms with Crippen LogP contribution in [-0.2, 0) is 0 Å². The van der Waals surface area contributed by atoms with Crippen molar-refractivity contribution in [3.05, 3.63) is 83.5 Å². The summed E-state index contributed by atoms with van der Waals surface area (Å²) in [6.07, 6.45) is 6.54. The molecule has 4 aromatic rings. The maximum absolute atomic E-state index is 8.72. The zero-order valence-electron chi connectivity index (χ0n) is 21.7. The van der Waals surface area contributed by atoms with Crippen LogP contribution < -0.4 is 20.1 Å². The number of benzene rings is 2. The van der Waals surface area contributed by atoms with Crippen molar-refractivity contribution in [2.24, 2.45) is 10.9 Å². The van der Waals surface area contributed by atoms with Crippen molar-refractivity contribution in [3.63, 3.8) is 0 Å². The number of aromatic nitrogens is 2. The predicted octanol–water partition coefficient (Wildman–Crippen LogP) is 6.39. The Morgan fingerprint density at radius 1 is 0.974 bits per heavy atom. The number of unbranched alkanes of at least 4 members (excludes halogenated alkanes) is 2. The highest BCUT2D eigenvalue weighted by Gasteiger charge is 2.16. The van der Waals surface area contributed by atoms with Crippen LogP contribution in [0.3, 0.4) is 0 Å². The van der Waals surface area contributed by atoms with Crippen LogP contribution in [0.25, 0.3) is 11.3 Å². The average Bonchev–Trinajstić information content (AvgIpc) is 3.34. The highest BCUT2D eigenvalue weighted by molar-refractivity contribution is 7.16. The number of hydrogen-bond acceptors (Lipinski definition) is 8. The molecule has 0 bridgehead atoms. The Balaban J connectivity index is 1.20. The fourth-order valence-corrected chi connectivity index (χ4v) is 4.97. The van der Waals surface area contributed by atoms with Gasteiger partial charge in [0.1, 0.15) is 11.5 Å². The Labute approximate surface area is 227 Å². The number of aryl methyl sites for hydroxylation is 1. The Morgan fingerprint density at radius 3 is 2.21 bits per heavy atom. The van der Waals surface area contributed by atoms with E-state index in [-0.39, 0.29) is 5.84 Å². The van der Waals surface area contributed by atoms with E-state index < -0.39 is 0 Å². The lowest BCUT2D eigenvalue weighted by atomic mass is 10.1. The van der Waals surface area contributed by atoms with E-state index >= 15 is 0 Å². The Morgan fingerprint density at radius 2 is 1.63 bits per heavy atom. The van der Waals surface area contributed by atoms with Crippen molar-refractivity contribution in [2.75, 3.05) is 24.7 Å². The molecular formula is C29H33N5O3S. The molecule has 3 N–H and O–H groups in total. The third-order valence-corrected chi connectivity index (χ3v) is 7.00. The van der Waals surface area contributed by atoms with Gasteiger partial charge in [0, 0.05) is 28.7 Å². The zero-order valence-corrected chi connectivity index (χ0v) is 22.5. The number of oxime groups is 1. The van der Waals surface area contributed by atoms with Crippen LogP contribution in [0, 0.1) is 6.92 Å². The van der Waals surface area contributed by atoms with Crippen LogP contribution in [0.1, 0.15) is 36.6 Å². The maximum atomic E-state index is 8.72. The number of amidine groups is 1. The molecule has 0 spiro atoms. The SMILES string of the molecule is CCN(c1cccnc1)c1nc(-c2ccc(OCCCCCOc3ccc(/C(N)=N/O)cc3)cc2)c(C)s1. The van der Waals surface area contributed by atoms with E-state index in [0.29, 0.717) is 18.8 Å². The molecule has 8 nitrogen and oxygen atoms in total. The van der Waals surface area contributed by atoms with Crippen molar-refractivity contribution < 1.29 is 14.7 Å². The molecule has 0 atom stereocenters. The Hall–Kier alpha value is -4.11. The summed E-state index contributed by atoms with van der Waals surface area (Å²) in [7, 11) is 0.